The SMILES string of the molecule is C=CCNC(=O)[C@H](Cc1ccccc1)NS(=O)(=O)c1ccc(F)cc1. The third kappa shape index (κ3) is 5.51. The zero-order valence-corrected chi connectivity index (χ0v) is 14.3. The molecule has 1 amide bonds. The highest BCUT2D eigenvalue weighted by molar-refractivity contribution is 7.89. The predicted molar refractivity (Wildman–Crippen MR) is 93.9 cm³/mol. The first-order valence-corrected chi connectivity index (χ1v) is 9.11. The molecule has 0 saturated heterocycles. The average Bonchev–Trinajstić information content (AvgIpc) is 2.60. The molecule has 2 rings (SSSR count). The molecular weight excluding hydrogens is 343 g/mol. The van der Waals surface area contributed by atoms with Crippen LogP contribution >= 0.6 is 0 Å². The first kappa shape index (κ1) is 18.8. The van der Waals surface area contributed by atoms with Crippen LogP contribution in [0.1, 0.15) is 5.56 Å². The highest BCUT2D eigenvalue weighted by atomic mass is 32.2. The summed E-state index contributed by atoms with van der Waals surface area (Å²) in [5, 5.41) is 2.59. The van der Waals surface area contributed by atoms with Gasteiger partial charge in [0.1, 0.15) is 11.9 Å². The van der Waals surface area contributed by atoms with Crippen LogP contribution in [0.15, 0.2) is 72.1 Å². The van der Waals surface area contributed by atoms with E-state index in [-0.39, 0.29) is 17.9 Å². The van der Waals surface area contributed by atoms with Gasteiger partial charge in [0, 0.05) is 6.54 Å². The van der Waals surface area contributed by atoms with E-state index in [1.54, 1.807) is 12.1 Å². The Balaban J connectivity index is 2.23. The van der Waals surface area contributed by atoms with Crippen molar-refractivity contribution in [2.24, 2.45) is 0 Å². The van der Waals surface area contributed by atoms with Gasteiger partial charge in [0.25, 0.3) is 0 Å². The van der Waals surface area contributed by atoms with Gasteiger partial charge in [-0.25, -0.2) is 12.8 Å². The second kappa shape index (κ2) is 8.55. The average molecular weight is 362 g/mol. The molecule has 0 aliphatic carbocycles. The summed E-state index contributed by atoms with van der Waals surface area (Å²) >= 11 is 0. The summed E-state index contributed by atoms with van der Waals surface area (Å²) in [7, 11) is -3.97. The van der Waals surface area contributed by atoms with Crippen LogP contribution in [0.4, 0.5) is 4.39 Å². The van der Waals surface area contributed by atoms with E-state index in [0.717, 1.165) is 29.8 Å². The van der Waals surface area contributed by atoms with Gasteiger partial charge in [0.05, 0.1) is 4.90 Å². The Kier molecular flexibility index (Phi) is 6.44. The van der Waals surface area contributed by atoms with Gasteiger partial charge in [0.2, 0.25) is 15.9 Å². The number of hydrogen-bond donors (Lipinski definition) is 2. The summed E-state index contributed by atoms with van der Waals surface area (Å²) in [4.78, 5) is 12.2. The summed E-state index contributed by atoms with van der Waals surface area (Å²) < 4.78 is 40.4. The van der Waals surface area contributed by atoms with Crippen LogP contribution in [0.5, 0.6) is 0 Å². The van der Waals surface area contributed by atoms with Crippen molar-refractivity contribution in [3.63, 3.8) is 0 Å². The maximum absolute atomic E-state index is 13.0. The Labute approximate surface area is 146 Å². The van der Waals surface area contributed by atoms with Crippen molar-refractivity contribution in [2.75, 3.05) is 6.54 Å². The fourth-order valence-electron chi connectivity index (χ4n) is 2.20. The molecule has 0 aliphatic heterocycles. The van der Waals surface area contributed by atoms with Crippen molar-refractivity contribution in [1.82, 2.24) is 10.0 Å². The van der Waals surface area contributed by atoms with E-state index in [4.69, 9.17) is 0 Å². The number of benzene rings is 2. The van der Waals surface area contributed by atoms with Gasteiger partial charge in [-0.15, -0.1) is 6.58 Å². The molecule has 7 heteroatoms. The Hall–Kier alpha value is -2.51. The lowest BCUT2D eigenvalue weighted by molar-refractivity contribution is -0.122. The number of carbonyl (C=O) groups is 1. The number of carbonyl (C=O) groups excluding carboxylic acids is 1. The van der Waals surface area contributed by atoms with Crippen molar-refractivity contribution in [1.29, 1.82) is 0 Å². The van der Waals surface area contributed by atoms with Crippen molar-refractivity contribution >= 4 is 15.9 Å². The molecule has 0 aliphatic rings. The Morgan fingerprint density at radius 3 is 2.36 bits per heavy atom. The van der Waals surface area contributed by atoms with E-state index < -0.39 is 27.8 Å². The molecule has 0 aromatic heterocycles. The van der Waals surface area contributed by atoms with Gasteiger partial charge < -0.3 is 5.32 Å². The van der Waals surface area contributed by atoms with E-state index in [1.165, 1.54) is 6.08 Å². The molecule has 132 valence electrons. The van der Waals surface area contributed by atoms with Gasteiger partial charge in [-0.3, -0.25) is 4.79 Å². The molecule has 2 aromatic carbocycles. The summed E-state index contributed by atoms with van der Waals surface area (Å²) in [6, 6.07) is 12.5. The van der Waals surface area contributed by atoms with Gasteiger partial charge in [0.15, 0.2) is 0 Å². The zero-order valence-electron chi connectivity index (χ0n) is 13.5. The fourth-order valence-corrected chi connectivity index (χ4v) is 3.40. The van der Waals surface area contributed by atoms with Crippen LogP contribution in [-0.2, 0) is 21.2 Å². The molecule has 5 nitrogen and oxygen atoms in total. The number of amides is 1. The molecule has 0 saturated carbocycles. The first-order valence-electron chi connectivity index (χ1n) is 7.63. The van der Waals surface area contributed by atoms with Crippen molar-refractivity contribution in [2.45, 2.75) is 17.4 Å². The lowest BCUT2D eigenvalue weighted by Gasteiger charge is -2.18. The van der Waals surface area contributed by atoms with Crippen LogP contribution in [0.3, 0.4) is 0 Å². The molecule has 0 fully saturated rings. The monoisotopic (exact) mass is 362 g/mol. The smallest absolute Gasteiger partial charge is 0.241 e. The molecule has 0 spiro atoms. The summed E-state index contributed by atoms with van der Waals surface area (Å²) in [6.45, 7) is 3.74. The minimum Gasteiger partial charge on any atom is -0.351 e. The minimum absolute atomic E-state index is 0.108. The molecule has 1 atom stereocenters. The summed E-state index contributed by atoms with van der Waals surface area (Å²) in [5.74, 6) is -1.00. The third-order valence-electron chi connectivity index (χ3n) is 3.44. The molecule has 0 unspecified atom stereocenters. The van der Waals surface area contributed by atoms with E-state index >= 15 is 0 Å². The van der Waals surface area contributed by atoms with Crippen molar-refractivity contribution in [3.8, 4) is 0 Å². The molecule has 0 heterocycles. The number of rotatable bonds is 8. The van der Waals surface area contributed by atoms with Crippen LogP contribution in [0, 0.1) is 5.82 Å². The van der Waals surface area contributed by atoms with Crippen LogP contribution in [0.2, 0.25) is 0 Å². The lowest BCUT2D eigenvalue weighted by Crippen LogP contribution is -2.48. The van der Waals surface area contributed by atoms with E-state index in [2.05, 4.69) is 16.6 Å². The van der Waals surface area contributed by atoms with Crippen molar-refractivity contribution < 1.29 is 17.6 Å². The van der Waals surface area contributed by atoms with E-state index in [1.807, 2.05) is 18.2 Å². The standard InChI is InChI=1S/C18H19FN2O3S/c1-2-12-20-18(22)17(13-14-6-4-3-5-7-14)21-25(23,24)16-10-8-15(19)9-11-16/h2-11,17,21H,1,12-13H2,(H,20,22)/t17-/m0/s1. The summed E-state index contributed by atoms with van der Waals surface area (Å²) in [6.07, 6.45) is 1.69. The second-order valence-corrected chi connectivity index (χ2v) is 7.07. The van der Waals surface area contributed by atoms with E-state index in [9.17, 15) is 17.6 Å². The van der Waals surface area contributed by atoms with Crippen LogP contribution in [-0.4, -0.2) is 26.9 Å². The number of nitrogens with one attached hydrogen (secondary N) is 2. The fraction of sp³-hybridized carbons (Fsp3) is 0.167. The van der Waals surface area contributed by atoms with Crippen molar-refractivity contribution in [3.05, 3.63) is 78.6 Å². The lowest BCUT2D eigenvalue weighted by atomic mass is 10.1. The molecule has 25 heavy (non-hydrogen) atoms. The van der Waals surface area contributed by atoms with Gasteiger partial charge in [-0.1, -0.05) is 36.4 Å². The predicted octanol–water partition coefficient (Wildman–Crippen LogP) is 2.02. The zero-order chi connectivity index (χ0) is 18.3. The Bertz CT molecular complexity index is 821. The minimum atomic E-state index is -3.97. The normalized spacial score (nSPS) is 12.4. The maximum atomic E-state index is 13.0. The van der Waals surface area contributed by atoms with Gasteiger partial charge >= 0.3 is 0 Å². The van der Waals surface area contributed by atoms with E-state index in [0.29, 0.717) is 0 Å². The molecular formula is C18H19FN2O3S. The number of sulfonamides is 1. The maximum Gasteiger partial charge on any atom is 0.241 e. The second-order valence-electron chi connectivity index (χ2n) is 5.35. The van der Waals surface area contributed by atoms with Gasteiger partial charge in [-0.05, 0) is 36.2 Å². The Morgan fingerprint density at radius 1 is 1.12 bits per heavy atom. The molecule has 0 radical (unpaired) electrons. The summed E-state index contributed by atoms with van der Waals surface area (Å²) in [5.41, 5.74) is 0.808. The highest BCUT2D eigenvalue weighted by Crippen LogP contribution is 2.12. The van der Waals surface area contributed by atoms with Crippen LogP contribution in [0.25, 0.3) is 0 Å². The molecule has 0 bridgehead atoms. The third-order valence-corrected chi connectivity index (χ3v) is 4.93. The first-order chi connectivity index (χ1) is 11.9. The molecule has 2 N–H and O–H groups in total. The quantitative estimate of drug-likeness (QED) is 0.706. The number of hydrogen-bond acceptors (Lipinski definition) is 3. The largest absolute Gasteiger partial charge is 0.351 e. The topological polar surface area (TPSA) is 75.3 Å². The number of halogens is 1. The molecule has 2 aromatic rings. The van der Waals surface area contributed by atoms with Crippen LogP contribution < -0.4 is 10.0 Å². The highest BCUT2D eigenvalue weighted by Gasteiger charge is 2.25. The Morgan fingerprint density at radius 2 is 1.76 bits per heavy atom. The van der Waals surface area contributed by atoms with Gasteiger partial charge in [-0.2, -0.15) is 4.72 Å².